The number of anilines is 4. The Morgan fingerprint density at radius 1 is 1.00 bits per heavy atom. The fourth-order valence-electron chi connectivity index (χ4n) is 5.27. The number of halogens is 1. The number of hydrogen-bond donors (Lipinski definition) is 2. The van der Waals surface area contributed by atoms with Crippen molar-refractivity contribution >= 4 is 33.2 Å². The van der Waals surface area contributed by atoms with Crippen LogP contribution in [0.1, 0.15) is 38.5 Å². The number of aromatic nitrogens is 2. The molecule has 214 valence electrons. The van der Waals surface area contributed by atoms with Gasteiger partial charge >= 0.3 is 0 Å². The molecule has 0 amide bonds. The molecule has 2 aliphatic rings. The summed E-state index contributed by atoms with van der Waals surface area (Å²) >= 11 is 0. The highest BCUT2D eigenvalue weighted by Gasteiger charge is 2.33. The van der Waals surface area contributed by atoms with Crippen molar-refractivity contribution in [1.29, 1.82) is 0 Å². The number of ether oxygens (including phenoxy) is 1. The van der Waals surface area contributed by atoms with Crippen molar-refractivity contribution in [3.8, 4) is 0 Å². The molecule has 0 radical (unpaired) electrons. The van der Waals surface area contributed by atoms with Crippen molar-refractivity contribution in [3.63, 3.8) is 0 Å². The van der Waals surface area contributed by atoms with Gasteiger partial charge in [0, 0.05) is 36.8 Å². The average Bonchev–Trinajstić information content (AvgIpc) is 3.47. The fraction of sp³-hybridized carbons (Fsp3) is 0.448. The molecule has 1 atom stereocenters. The van der Waals surface area contributed by atoms with Crippen molar-refractivity contribution in [3.05, 3.63) is 66.6 Å². The Morgan fingerprint density at radius 2 is 1.70 bits per heavy atom. The molecule has 2 aromatic carbocycles. The van der Waals surface area contributed by atoms with Gasteiger partial charge in [-0.3, -0.25) is 0 Å². The summed E-state index contributed by atoms with van der Waals surface area (Å²) in [4.78, 5) is 11.2. The van der Waals surface area contributed by atoms with Crippen LogP contribution in [0.3, 0.4) is 0 Å². The van der Waals surface area contributed by atoms with Crippen LogP contribution in [0.4, 0.5) is 27.5 Å². The number of nitrogens with one attached hydrogen (secondary N) is 2. The maximum atomic E-state index is 13.9. The summed E-state index contributed by atoms with van der Waals surface area (Å²) in [6, 6.07) is 14.4. The monoisotopic (exact) mass is 568 g/mol. The quantitative estimate of drug-likeness (QED) is 0.328. The lowest BCUT2D eigenvalue weighted by Gasteiger charge is -2.36. The zero-order chi connectivity index (χ0) is 28.0. The van der Waals surface area contributed by atoms with Gasteiger partial charge in [0.1, 0.15) is 11.6 Å². The maximum absolute atomic E-state index is 13.9. The minimum atomic E-state index is -3.67. The fourth-order valence-corrected chi connectivity index (χ4v) is 7.00. The number of benzene rings is 2. The number of piperidine rings is 1. The Labute approximate surface area is 235 Å². The molecule has 3 heterocycles. The lowest BCUT2D eigenvalue weighted by molar-refractivity contribution is 0.0987. The van der Waals surface area contributed by atoms with Crippen molar-refractivity contribution in [1.82, 2.24) is 19.2 Å². The molecule has 3 aromatic rings. The molecule has 0 aliphatic carbocycles. The number of sulfonamides is 1. The Balaban J connectivity index is 1.26. The molecule has 2 N–H and O–H groups in total. The van der Waals surface area contributed by atoms with Crippen LogP contribution in [0.2, 0.25) is 0 Å². The van der Waals surface area contributed by atoms with E-state index in [1.165, 1.54) is 12.1 Å². The van der Waals surface area contributed by atoms with Crippen LogP contribution < -0.4 is 10.6 Å². The van der Waals surface area contributed by atoms with Crippen LogP contribution in [0, 0.1) is 5.82 Å². The second-order valence-electron chi connectivity index (χ2n) is 10.5. The normalized spacial score (nSPS) is 18.7. The molecule has 2 saturated heterocycles. The predicted octanol–water partition coefficient (Wildman–Crippen LogP) is 5.15. The summed E-state index contributed by atoms with van der Waals surface area (Å²) in [5.74, 6) is 0.582. The van der Waals surface area contributed by atoms with Gasteiger partial charge in [0.05, 0.1) is 11.0 Å². The maximum Gasteiger partial charge on any atom is 0.243 e. The van der Waals surface area contributed by atoms with E-state index in [0.717, 1.165) is 58.2 Å². The Kier molecular flexibility index (Phi) is 9.25. The lowest BCUT2D eigenvalue weighted by Crippen LogP contribution is -2.47. The summed E-state index contributed by atoms with van der Waals surface area (Å²) < 4.78 is 48.4. The van der Waals surface area contributed by atoms with E-state index in [2.05, 4.69) is 32.5 Å². The van der Waals surface area contributed by atoms with Crippen LogP contribution in [0.25, 0.3) is 0 Å². The molecular formula is C29H37FN6O3S. The number of likely N-dealkylation sites (tertiary alicyclic amines) is 1. The van der Waals surface area contributed by atoms with Crippen LogP contribution in [-0.2, 0) is 14.8 Å². The van der Waals surface area contributed by atoms with E-state index in [0.29, 0.717) is 29.7 Å². The van der Waals surface area contributed by atoms with E-state index < -0.39 is 10.0 Å². The van der Waals surface area contributed by atoms with Crippen molar-refractivity contribution in [2.45, 2.75) is 55.6 Å². The van der Waals surface area contributed by atoms with Gasteiger partial charge < -0.3 is 20.3 Å². The van der Waals surface area contributed by atoms with Crippen molar-refractivity contribution < 1.29 is 17.5 Å². The average molecular weight is 569 g/mol. The van der Waals surface area contributed by atoms with E-state index in [9.17, 15) is 12.8 Å². The minimum Gasteiger partial charge on any atom is -0.378 e. The Bertz CT molecular complexity index is 1340. The smallest absolute Gasteiger partial charge is 0.243 e. The standard InChI is InChI=1S/C29H37FN6O3S/c1-35-19-15-25(16-20-35)36(18-2-4-26-5-3-21-39-26)40(37,38)27-12-10-24(11-13-27)33-29-31-17-14-28(34-29)32-23-8-6-22(30)7-9-23/h6-14,17,25-26H,2-5,15-16,18-21H2,1H3,(H2,31,32,33,34). The predicted molar refractivity (Wildman–Crippen MR) is 154 cm³/mol. The van der Waals surface area contributed by atoms with Gasteiger partial charge in [-0.15, -0.1) is 0 Å². The van der Waals surface area contributed by atoms with Crippen LogP contribution in [-0.4, -0.2) is 73.0 Å². The minimum absolute atomic E-state index is 0.00625. The third kappa shape index (κ3) is 7.34. The van der Waals surface area contributed by atoms with E-state index in [1.54, 1.807) is 53.0 Å². The van der Waals surface area contributed by atoms with E-state index in [-0.39, 0.29) is 22.9 Å². The summed E-state index contributed by atoms with van der Waals surface area (Å²) in [6.45, 7) is 3.08. The molecule has 5 rings (SSSR count). The third-order valence-corrected chi connectivity index (χ3v) is 9.48. The highest BCUT2D eigenvalue weighted by Crippen LogP contribution is 2.27. The largest absolute Gasteiger partial charge is 0.378 e. The summed E-state index contributed by atoms with van der Waals surface area (Å²) in [6.07, 6.45) is 7.33. The molecule has 2 aliphatic heterocycles. The zero-order valence-electron chi connectivity index (χ0n) is 22.8. The van der Waals surface area contributed by atoms with Gasteiger partial charge in [-0.1, -0.05) is 0 Å². The van der Waals surface area contributed by atoms with Crippen LogP contribution in [0.15, 0.2) is 65.7 Å². The molecule has 1 aromatic heterocycles. The van der Waals surface area contributed by atoms with Gasteiger partial charge in [0.2, 0.25) is 16.0 Å². The first kappa shape index (κ1) is 28.4. The van der Waals surface area contributed by atoms with E-state index >= 15 is 0 Å². The van der Waals surface area contributed by atoms with Gasteiger partial charge in [0.25, 0.3) is 0 Å². The van der Waals surface area contributed by atoms with Crippen molar-refractivity contribution in [2.75, 3.05) is 43.9 Å². The molecule has 0 bridgehead atoms. The van der Waals surface area contributed by atoms with Crippen LogP contribution in [0.5, 0.6) is 0 Å². The molecule has 2 fully saturated rings. The molecule has 9 nitrogen and oxygen atoms in total. The van der Waals surface area contributed by atoms with E-state index in [4.69, 9.17) is 4.74 Å². The first-order valence-corrected chi connectivity index (χ1v) is 15.4. The highest BCUT2D eigenvalue weighted by molar-refractivity contribution is 7.89. The second-order valence-corrected chi connectivity index (χ2v) is 12.4. The summed E-state index contributed by atoms with van der Waals surface area (Å²) in [7, 11) is -1.59. The van der Waals surface area contributed by atoms with Gasteiger partial charge in [0.15, 0.2) is 0 Å². The third-order valence-electron chi connectivity index (χ3n) is 7.51. The first-order valence-electron chi connectivity index (χ1n) is 13.9. The Hall–Kier alpha value is -3.12. The number of hydrogen-bond acceptors (Lipinski definition) is 8. The topological polar surface area (TPSA) is 99.7 Å². The zero-order valence-corrected chi connectivity index (χ0v) is 23.6. The van der Waals surface area contributed by atoms with Gasteiger partial charge in [-0.25, -0.2) is 17.8 Å². The van der Waals surface area contributed by atoms with Crippen molar-refractivity contribution in [2.24, 2.45) is 0 Å². The molecular weight excluding hydrogens is 531 g/mol. The van der Waals surface area contributed by atoms with Gasteiger partial charge in [-0.2, -0.15) is 9.29 Å². The number of rotatable bonds is 11. The summed E-state index contributed by atoms with van der Waals surface area (Å²) in [5, 5.41) is 6.24. The Morgan fingerprint density at radius 3 is 2.40 bits per heavy atom. The van der Waals surface area contributed by atoms with Crippen LogP contribution >= 0.6 is 0 Å². The lowest BCUT2D eigenvalue weighted by atomic mass is 10.0. The van der Waals surface area contributed by atoms with Gasteiger partial charge in [-0.05, 0) is 113 Å². The highest BCUT2D eigenvalue weighted by atomic mass is 32.2. The number of nitrogens with zero attached hydrogens (tertiary/aromatic N) is 4. The molecule has 40 heavy (non-hydrogen) atoms. The summed E-state index contributed by atoms with van der Waals surface area (Å²) in [5.41, 5.74) is 1.37. The second kappa shape index (κ2) is 13.0. The molecule has 0 saturated carbocycles. The molecule has 11 heteroatoms. The molecule has 1 unspecified atom stereocenters. The SMILES string of the molecule is CN1CCC(N(CCCC2CCCO2)S(=O)(=O)c2ccc(Nc3nccc(Nc4ccc(F)cc4)n3)cc2)CC1. The first-order chi connectivity index (χ1) is 19.4. The van der Waals surface area contributed by atoms with E-state index in [1.807, 2.05) is 0 Å². The molecule has 0 spiro atoms.